The van der Waals surface area contributed by atoms with Crippen molar-refractivity contribution in [1.29, 1.82) is 0 Å². The van der Waals surface area contributed by atoms with E-state index in [4.69, 9.17) is 22.9 Å². The third kappa shape index (κ3) is 10.1. The molecule has 4 nitrogen and oxygen atoms in total. The van der Waals surface area contributed by atoms with E-state index in [9.17, 15) is 0 Å². The Hall–Kier alpha value is -0.160. The molecule has 0 bridgehead atoms. The van der Waals surface area contributed by atoms with E-state index >= 15 is 0 Å². The molecule has 0 heterocycles. The van der Waals surface area contributed by atoms with E-state index in [1.807, 2.05) is 0 Å². The zero-order valence-corrected chi connectivity index (χ0v) is 9.83. The van der Waals surface area contributed by atoms with Crippen LogP contribution in [0.3, 0.4) is 0 Å². The quantitative estimate of drug-likeness (QED) is 0.394. The summed E-state index contributed by atoms with van der Waals surface area (Å²) in [5, 5.41) is 0. The van der Waals surface area contributed by atoms with Crippen LogP contribution in [0.5, 0.6) is 0 Å². The SMILES string of the molecule is NCCCCCC(N)CCC(N)CCN. The van der Waals surface area contributed by atoms with E-state index in [1.165, 1.54) is 12.8 Å². The lowest BCUT2D eigenvalue weighted by Gasteiger charge is -2.14. The molecule has 0 radical (unpaired) electrons. The van der Waals surface area contributed by atoms with E-state index in [2.05, 4.69) is 0 Å². The second-order valence-electron chi connectivity index (χ2n) is 4.31. The highest BCUT2D eigenvalue weighted by molar-refractivity contribution is 4.68. The molecule has 0 spiro atoms. The van der Waals surface area contributed by atoms with Crippen molar-refractivity contribution in [3.8, 4) is 0 Å². The fraction of sp³-hybridized carbons (Fsp3) is 1.00. The largest absolute Gasteiger partial charge is 0.330 e. The maximum atomic E-state index is 5.98. The highest BCUT2D eigenvalue weighted by Gasteiger charge is 2.06. The van der Waals surface area contributed by atoms with Crippen LogP contribution in [0.25, 0.3) is 0 Å². The molecule has 0 rings (SSSR count). The summed E-state index contributed by atoms with van der Waals surface area (Å²) in [5.41, 5.74) is 22.7. The number of hydrogen-bond acceptors (Lipinski definition) is 4. The standard InChI is InChI=1S/C11H28N4/c12-8-3-1-2-4-10(14)5-6-11(15)7-9-13/h10-11H,1-9,12-15H2. The minimum absolute atomic E-state index is 0.227. The van der Waals surface area contributed by atoms with Gasteiger partial charge in [-0.2, -0.15) is 0 Å². The lowest BCUT2D eigenvalue weighted by atomic mass is 10.0. The Labute approximate surface area is 93.7 Å². The summed E-state index contributed by atoms with van der Waals surface area (Å²) in [7, 11) is 0. The predicted octanol–water partition coefficient (Wildman–Crippen LogP) is 0.289. The summed E-state index contributed by atoms with van der Waals surface area (Å²) in [4.78, 5) is 0. The average molecular weight is 216 g/mol. The molecule has 15 heavy (non-hydrogen) atoms. The molecule has 0 aliphatic carbocycles. The topological polar surface area (TPSA) is 104 Å². The van der Waals surface area contributed by atoms with Crippen molar-refractivity contribution in [2.75, 3.05) is 13.1 Å². The van der Waals surface area contributed by atoms with Gasteiger partial charge in [0.05, 0.1) is 0 Å². The van der Waals surface area contributed by atoms with Gasteiger partial charge in [0.1, 0.15) is 0 Å². The molecule has 0 aromatic heterocycles. The molecule has 0 aromatic carbocycles. The minimum atomic E-state index is 0.227. The fourth-order valence-electron chi connectivity index (χ4n) is 1.66. The molecule has 0 fully saturated rings. The van der Waals surface area contributed by atoms with E-state index in [0.717, 1.165) is 38.6 Å². The lowest BCUT2D eigenvalue weighted by molar-refractivity contribution is 0.468. The van der Waals surface area contributed by atoms with Crippen LogP contribution in [0.4, 0.5) is 0 Å². The summed E-state index contributed by atoms with van der Waals surface area (Å²) in [6.45, 7) is 1.46. The van der Waals surface area contributed by atoms with E-state index in [0.29, 0.717) is 12.6 Å². The van der Waals surface area contributed by atoms with Crippen LogP contribution < -0.4 is 22.9 Å². The van der Waals surface area contributed by atoms with Crippen molar-refractivity contribution in [1.82, 2.24) is 0 Å². The van der Waals surface area contributed by atoms with Crippen LogP contribution in [0, 0.1) is 0 Å². The molecule has 0 aliphatic heterocycles. The zero-order chi connectivity index (χ0) is 11.5. The summed E-state index contributed by atoms with van der Waals surface area (Å²) < 4.78 is 0. The monoisotopic (exact) mass is 216 g/mol. The number of nitrogens with two attached hydrogens (primary N) is 4. The van der Waals surface area contributed by atoms with E-state index < -0.39 is 0 Å². The summed E-state index contributed by atoms with van der Waals surface area (Å²) >= 11 is 0. The smallest absolute Gasteiger partial charge is 0.00514 e. The predicted molar refractivity (Wildman–Crippen MR) is 66.4 cm³/mol. The third-order valence-electron chi connectivity index (χ3n) is 2.72. The van der Waals surface area contributed by atoms with Gasteiger partial charge < -0.3 is 22.9 Å². The molecule has 8 N–H and O–H groups in total. The van der Waals surface area contributed by atoms with Crippen molar-refractivity contribution in [3.63, 3.8) is 0 Å². The molecule has 4 heteroatoms. The summed E-state index contributed by atoms with van der Waals surface area (Å²) in [6.07, 6.45) is 7.50. The maximum Gasteiger partial charge on any atom is 0.00514 e. The Kier molecular flexibility index (Phi) is 10.3. The normalized spacial score (nSPS) is 15.2. The third-order valence-corrected chi connectivity index (χ3v) is 2.72. The number of hydrogen-bond donors (Lipinski definition) is 4. The Bertz CT molecular complexity index is 130. The zero-order valence-electron chi connectivity index (χ0n) is 9.83. The van der Waals surface area contributed by atoms with Gasteiger partial charge in [-0.1, -0.05) is 12.8 Å². The summed E-state index contributed by atoms with van der Waals surface area (Å²) in [6, 6.07) is 0.525. The van der Waals surface area contributed by atoms with Gasteiger partial charge in [0, 0.05) is 12.1 Å². The lowest BCUT2D eigenvalue weighted by Crippen LogP contribution is -2.28. The molecule has 2 unspecified atom stereocenters. The number of rotatable bonds is 10. The van der Waals surface area contributed by atoms with Crippen molar-refractivity contribution < 1.29 is 0 Å². The van der Waals surface area contributed by atoms with Crippen LogP contribution >= 0.6 is 0 Å². The minimum Gasteiger partial charge on any atom is -0.330 e. The molecular weight excluding hydrogens is 188 g/mol. The first-order valence-corrected chi connectivity index (χ1v) is 6.12. The molecule has 0 amide bonds. The molecule has 0 aliphatic rings. The van der Waals surface area contributed by atoms with Gasteiger partial charge >= 0.3 is 0 Å². The van der Waals surface area contributed by atoms with Crippen molar-refractivity contribution in [2.24, 2.45) is 22.9 Å². The van der Waals surface area contributed by atoms with Gasteiger partial charge in [0.25, 0.3) is 0 Å². The van der Waals surface area contributed by atoms with E-state index in [1.54, 1.807) is 0 Å². The van der Waals surface area contributed by atoms with Crippen LogP contribution in [0.2, 0.25) is 0 Å². The van der Waals surface area contributed by atoms with Crippen LogP contribution in [-0.2, 0) is 0 Å². The average Bonchev–Trinajstić information content (AvgIpc) is 2.22. The molecule has 92 valence electrons. The van der Waals surface area contributed by atoms with E-state index in [-0.39, 0.29) is 6.04 Å². The van der Waals surface area contributed by atoms with Crippen LogP contribution in [0.1, 0.15) is 44.9 Å². The first kappa shape index (κ1) is 14.8. The molecule has 0 saturated carbocycles. The van der Waals surface area contributed by atoms with Gasteiger partial charge in [-0.3, -0.25) is 0 Å². The van der Waals surface area contributed by atoms with Crippen molar-refractivity contribution >= 4 is 0 Å². The highest BCUT2D eigenvalue weighted by atomic mass is 14.7. The molecule has 0 saturated heterocycles. The van der Waals surface area contributed by atoms with Crippen LogP contribution in [-0.4, -0.2) is 25.2 Å². The van der Waals surface area contributed by atoms with Gasteiger partial charge in [-0.05, 0) is 45.2 Å². The Balaban J connectivity index is 3.28. The van der Waals surface area contributed by atoms with Gasteiger partial charge in [0.2, 0.25) is 0 Å². The number of unbranched alkanes of at least 4 members (excludes halogenated alkanes) is 2. The van der Waals surface area contributed by atoms with Crippen LogP contribution in [0.15, 0.2) is 0 Å². The fourth-order valence-corrected chi connectivity index (χ4v) is 1.66. The Morgan fingerprint density at radius 3 is 1.73 bits per heavy atom. The maximum absolute atomic E-state index is 5.98. The molecular formula is C11H28N4. The summed E-state index contributed by atoms with van der Waals surface area (Å²) in [5.74, 6) is 0. The first-order valence-electron chi connectivity index (χ1n) is 6.12. The van der Waals surface area contributed by atoms with Gasteiger partial charge in [-0.25, -0.2) is 0 Å². The second kappa shape index (κ2) is 10.4. The first-order chi connectivity index (χ1) is 7.20. The van der Waals surface area contributed by atoms with Gasteiger partial charge in [-0.15, -0.1) is 0 Å². The van der Waals surface area contributed by atoms with Crippen molar-refractivity contribution in [2.45, 2.75) is 57.0 Å². The van der Waals surface area contributed by atoms with Crippen molar-refractivity contribution in [3.05, 3.63) is 0 Å². The molecule has 2 atom stereocenters. The van der Waals surface area contributed by atoms with Gasteiger partial charge in [0.15, 0.2) is 0 Å². The Morgan fingerprint density at radius 1 is 0.600 bits per heavy atom. The Morgan fingerprint density at radius 2 is 1.20 bits per heavy atom. The molecule has 0 aromatic rings. The second-order valence-corrected chi connectivity index (χ2v) is 4.31. The highest BCUT2D eigenvalue weighted by Crippen LogP contribution is 2.08.